The second kappa shape index (κ2) is 9.60. The zero-order chi connectivity index (χ0) is 20.8. The number of anilines is 1. The van der Waals surface area contributed by atoms with Crippen LogP contribution in [-0.2, 0) is 17.8 Å². The summed E-state index contributed by atoms with van der Waals surface area (Å²) in [6.45, 7) is 5.96. The van der Waals surface area contributed by atoms with Crippen molar-refractivity contribution in [3.8, 4) is 5.88 Å². The molecule has 1 aliphatic rings. The van der Waals surface area contributed by atoms with Gasteiger partial charge < -0.3 is 24.7 Å². The van der Waals surface area contributed by atoms with E-state index in [0.29, 0.717) is 12.4 Å². The molecule has 0 atom stereocenters. The second-order valence-corrected chi connectivity index (χ2v) is 7.25. The molecule has 30 heavy (non-hydrogen) atoms. The van der Waals surface area contributed by atoms with Crippen LogP contribution in [-0.4, -0.2) is 60.4 Å². The van der Waals surface area contributed by atoms with Crippen molar-refractivity contribution in [2.24, 2.45) is 0 Å². The number of carbonyl (C=O) groups excluding carboxylic acids is 1. The number of hydrogen-bond donors (Lipinski definition) is 2. The number of methoxy groups -OCH3 is 1. The number of nitrogens with zero attached hydrogens (tertiary/aromatic N) is 3. The maximum atomic E-state index is 12.3. The van der Waals surface area contributed by atoms with E-state index in [0.717, 1.165) is 61.5 Å². The number of amides is 2. The van der Waals surface area contributed by atoms with Gasteiger partial charge in [0.05, 0.1) is 20.3 Å². The smallest absolute Gasteiger partial charge is 0.319 e. The number of aromatic nitrogens is 2. The van der Waals surface area contributed by atoms with Gasteiger partial charge in [0.15, 0.2) is 0 Å². The van der Waals surface area contributed by atoms with Crippen LogP contribution in [0.1, 0.15) is 5.56 Å². The molecular formula is C22H27N5O3. The number of morpholine rings is 1. The molecule has 1 saturated heterocycles. The molecule has 0 aliphatic carbocycles. The molecule has 1 fully saturated rings. The molecule has 0 radical (unpaired) electrons. The molecule has 1 aliphatic heterocycles. The van der Waals surface area contributed by atoms with Crippen molar-refractivity contribution in [2.45, 2.75) is 13.1 Å². The molecule has 2 aromatic heterocycles. The minimum Gasteiger partial charge on any atom is -0.481 e. The van der Waals surface area contributed by atoms with Crippen LogP contribution in [0, 0.1) is 0 Å². The minimum atomic E-state index is -0.253. The first-order chi connectivity index (χ1) is 14.7. The van der Waals surface area contributed by atoms with Gasteiger partial charge in [0.1, 0.15) is 0 Å². The summed E-state index contributed by atoms with van der Waals surface area (Å²) < 4.78 is 12.8. The van der Waals surface area contributed by atoms with Crippen molar-refractivity contribution in [2.75, 3.05) is 45.3 Å². The number of ether oxygens (including phenoxy) is 2. The average molecular weight is 409 g/mol. The molecule has 8 nitrogen and oxygen atoms in total. The highest BCUT2D eigenvalue weighted by molar-refractivity contribution is 5.92. The van der Waals surface area contributed by atoms with Crippen LogP contribution < -0.4 is 15.4 Å². The molecule has 0 spiro atoms. The topological polar surface area (TPSA) is 80.7 Å². The summed E-state index contributed by atoms with van der Waals surface area (Å²) in [7, 11) is 1.57. The molecule has 1 aromatic carbocycles. The number of fused-ring (bicyclic) bond motifs is 1. The number of hydrogen-bond acceptors (Lipinski definition) is 5. The standard InChI is InChI=1S/C22H27N5O3/c1-29-21-14-17(4-6-23-21)16-24-22(28)25-19-2-3-20-18(15-19)5-7-27(20)9-8-26-10-12-30-13-11-26/h2-7,14-15H,8-13,16H2,1H3,(H2,24,25,28). The Balaban J connectivity index is 1.32. The van der Waals surface area contributed by atoms with Crippen LogP contribution >= 0.6 is 0 Å². The summed E-state index contributed by atoms with van der Waals surface area (Å²) in [4.78, 5) is 18.8. The van der Waals surface area contributed by atoms with Crippen molar-refractivity contribution in [3.05, 3.63) is 54.4 Å². The molecule has 3 heterocycles. The summed E-state index contributed by atoms with van der Waals surface area (Å²) in [6.07, 6.45) is 3.76. The Morgan fingerprint density at radius 1 is 1.17 bits per heavy atom. The Hall–Kier alpha value is -3.10. The lowest BCUT2D eigenvalue weighted by atomic mass is 10.2. The van der Waals surface area contributed by atoms with Gasteiger partial charge in [-0.2, -0.15) is 0 Å². The molecule has 158 valence electrons. The fourth-order valence-corrected chi connectivity index (χ4v) is 3.58. The van der Waals surface area contributed by atoms with Crippen LogP contribution in [0.15, 0.2) is 48.8 Å². The van der Waals surface area contributed by atoms with Gasteiger partial charge in [0.25, 0.3) is 0 Å². The van der Waals surface area contributed by atoms with E-state index in [4.69, 9.17) is 9.47 Å². The summed E-state index contributed by atoms with van der Waals surface area (Å²) in [5, 5.41) is 6.86. The third-order valence-electron chi connectivity index (χ3n) is 5.25. The van der Waals surface area contributed by atoms with E-state index in [1.54, 1.807) is 19.4 Å². The number of carbonyl (C=O) groups is 1. The molecule has 8 heteroatoms. The molecule has 0 saturated carbocycles. The molecule has 0 bridgehead atoms. The van der Waals surface area contributed by atoms with E-state index in [1.807, 2.05) is 18.2 Å². The highest BCUT2D eigenvalue weighted by atomic mass is 16.5. The molecule has 3 aromatic rings. The fourth-order valence-electron chi connectivity index (χ4n) is 3.58. The van der Waals surface area contributed by atoms with E-state index in [-0.39, 0.29) is 6.03 Å². The largest absolute Gasteiger partial charge is 0.481 e. The Morgan fingerprint density at radius 2 is 2.03 bits per heavy atom. The Bertz CT molecular complexity index is 997. The Labute approximate surface area is 175 Å². The van der Waals surface area contributed by atoms with Crippen LogP contribution in [0.2, 0.25) is 0 Å². The van der Waals surface area contributed by atoms with Crippen LogP contribution in [0.3, 0.4) is 0 Å². The Kier molecular flexibility index (Phi) is 6.46. The second-order valence-electron chi connectivity index (χ2n) is 7.25. The minimum absolute atomic E-state index is 0.253. The zero-order valence-corrected chi connectivity index (χ0v) is 17.1. The molecule has 0 unspecified atom stereocenters. The fraction of sp³-hybridized carbons (Fsp3) is 0.364. The summed E-state index contributed by atoms with van der Waals surface area (Å²) in [6, 6.07) is 11.5. The van der Waals surface area contributed by atoms with E-state index in [9.17, 15) is 4.79 Å². The van der Waals surface area contributed by atoms with Crippen molar-refractivity contribution in [3.63, 3.8) is 0 Å². The quantitative estimate of drug-likeness (QED) is 0.627. The number of nitrogens with one attached hydrogen (secondary N) is 2. The Morgan fingerprint density at radius 3 is 2.87 bits per heavy atom. The van der Waals surface area contributed by atoms with Crippen molar-refractivity contribution in [1.29, 1.82) is 0 Å². The first kappa shape index (κ1) is 20.2. The van der Waals surface area contributed by atoms with Gasteiger partial charge in [-0.15, -0.1) is 0 Å². The van der Waals surface area contributed by atoms with Crippen LogP contribution in [0.4, 0.5) is 10.5 Å². The average Bonchev–Trinajstić information content (AvgIpc) is 3.19. The highest BCUT2D eigenvalue weighted by Crippen LogP contribution is 2.21. The summed E-state index contributed by atoms with van der Waals surface area (Å²) in [5.41, 5.74) is 2.85. The van der Waals surface area contributed by atoms with Gasteiger partial charge >= 0.3 is 6.03 Å². The summed E-state index contributed by atoms with van der Waals surface area (Å²) >= 11 is 0. The highest BCUT2D eigenvalue weighted by Gasteiger charge is 2.11. The lowest BCUT2D eigenvalue weighted by Gasteiger charge is -2.26. The van der Waals surface area contributed by atoms with Crippen molar-refractivity contribution < 1.29 is 14.3 Å². The van der Waals surface area contributed by atoms with Crippen LogP contribution in [0.25, 0.3) is 10.9 Å². The number of pyridine rings is 1. The van der Waals surface area contributed by atoms with Gasteiger partial charge in [-0.3, -0.25) is 4.90 Å². The van der Waals surface area contributed by atoms with Gasteiger partial charge in [0, 0.05) is 67.8 Å². The number of rotatable bonds is 7. The van der Waals surface area contributed by atoms with Crippen LogP contribution in [0.5, 0.6) is 5.88 Å². The first-order valence-corrected chi connectivity index (χ1v) is 10.1. The molecule has 2 N–H and O–H groups in total. The van der Waals surface area contributed by atoms with Crippen molar-refractivity contribution >= 4 is 22.6 Å². The zero-order valence-electron chi connectivity index (χ0n) is 17.1. The third-order valence-corrected chi connectivity index (χ3v) is 5.25. The van der Waals surface area contributed by atoms with E-state index in [2.05, 4.69) is 43.4 Å². The lowest BCUT2D eigenvalue weighted by molar-refractivity contribution is 0.0365. The molecular weight excluding hydrogens is 382 g/mol. The van der Waals surface area contributed by atoms with Gasteiger partial charge in [-0.05, 0) is 35.9 Å². The lowest BCUT2D eigenvalue weighted by Crippen LogP contribution is -2.38. The predicted molar refractivity (Wildman–Crippen MR) is 116 cm³/mol. The number of benzene rings is 1. The van der Waals surface area contributed by atoms with E-state index in [1.165, 1.54) is 0 Å². The monoisotopic (exact) mass is 409 g/mol. The first-order valence-electron chi connectivity index (χ1n) is 10.1. The summed E-state index contributed by atoms with van der Waals surface area (Å²) in [5.74, 6) is 0.526. The normalized spacial score (nSPS) is 14.6. The van der Waals surface area contributed by atoms with E-state index < -0.39 is 0 Å². The maximum absolute atomic E-state index is 12.3. The third kappa shape index (κ3) is 5.08. The maximum Gasteiger partial charge on any atom is 0.319 e. The van der Waals surface area contributed by atoms with Gasteiger partial charge in [0.2, 0.25) is 5.88 Å². The van der Waals surface area contributed by atoms with Crippen molar-refractivity contribution in [1.82, 2.24) is 19.8 Å². The van der Waals surface area contributed by atoms with Gasteiger partial charge in [-0.1, -0.05) is 0 Å². The molecule has 4 rings (SSSR count). The van der Waals surface area contributed by atoms with Gasteiger partial charge in [-0.25, -0.2) is 9.78 Å². The number of urea groups is 1. The predicted octanol–water partition coefficient (Wildman–Crippen LogP) is 2.70. The SMILES string of the molecule is COc1cc(CNC(=O)Nc2ccc3c(ccn3CCN3CCOCC3)c2)ccn1. The molecule has 2 amide bonds. The van der Waals surface area contributed by atoms with E-state index >= 15 is 0 Å².